The molecule has 1 aliphatic heterocycles. The van der Waals surface area contributed by atoms with Gasteiger partial charge in [0.1, 0.15) is 16.7 Å². The highest BCUT2D eigenvalue weighted by Crippen LogP contribution is 2.33. The van der Waals surface area contributed by atoms with Crippen molar-refractivity contribution in [3.8, 4) is 16.1 Å². The van der Waals surface area contributed by atoms with Gasteiger partial charge in [-0.2, -0.15) is 0 Å². The van der Waals surface area contributed by atoms with Gasteiger partial charge in [-0.1, -0.05) is 12.1 Å². The maximum atomic E-state index is 13.5. The minimum Gasteiger partial charge on any atom is -0.365 e. The SMILES string of the molecule is O=C(NCc1ccc(F)c(F)c1)c1cccnc1NCc1ccc(-c2ccc3c(c2)-n2nnn[n+]2C(O)N3)s1. The molecule has 0 aliphatic carbocycles. The largest absolute Gasteiger partial charge is 0.365 e. The number of rotatable bonds is 7. The molecule has 1 atom stereocenters. The summed E-state index contributed by atoms with van der Waals surface area (Å²) in [5, 5.41) is 30.3. The molecule has 0 saturated carbocycles. The van der Waals surface area contributed by atoms with Gasteiger partial charge in [0.25, 0.3) is 12.3 Å². The smallest absolute Gasteiger partial charge is 0.299 e. The maximum Gasteiger partial charge on any atom is 0.299 e. The Labute approximate surface area is 223 Å². The van der Waals surface area contributed by atoms with Gasteiger partial charge in [0.2, 0.25) is 10.4 Å². The van der Waals surface area contributed by atoms with E-state index in [0.29, 0.717) is 34.9 Å². The van der Waals surface area contributed by atoms with E-state index in [4.69, 9.17) is 0 Å². The monoisotopic (exact) mass is 548 g/mol. The molecule has 1 aliphatic rings. The average molecular weight is 549 g/mol. The first-order chi connectivity index (χ1) is 19.0. The van der Waals surface area contributed by atoms with Crippen molar-refractivity contribution in [3.63, 3.8) is 0 Å². The zero-order valence-electron chi connectivity index (χ0n) is 20.0. The Balaban J connectivity index is 1.14. The number of aliphatic hydroxyl groups excluding tert-OH is 1. The lowest BCUT2D eigenvalue weighted by Gasteiger charge is -2.19. The highest BCUT2D eigenvalue weighted by Gasteiger charge is 2.30. The summed E-state index contributed by atoms with van der Waals surface area (Å²) < 4.78 is 26.6. The van der Waals surface area contributed by atoms with Crippen molar-refractivity contribution in [1.29, 1.82) is 0 Å². The van der Waals surface area contributed by atoms with Gasteiger partial charge in [0.05, 0.1) is 17.8 Å². The van der Waals surface area contributed by atoms with Crippen LogP contribution < -0.4 is 20.7 Å². The van der Waals surface area contributed by atoms with Crippen molar-refractivity contribution in [2.45, 2.75) is 19.4 Å². The van der Waals surface area contributed by atoms with Crippen molar-refractivity contribution in [2.75, 3.05) is 10.6 Å². The Morgan fingerprint density at radius 3 is 2.87 bits per heavy atom. The molecule has 4 N–H and O–H groups in total. The second kappa shape index (κ2) is 10.2. The van der Waals surface area contributed by atoms with E-state index in [1.54, 1.807) is 29.7 Å². The van der Waals surface area contributed by atoms with Gasteiger partial charge in [-0.15, -0.1) is 11.3 Å². The van der Waals surface area contributed by atoms with Crippen LogP contribution in [0.2, 0.25) is 0 Å². The topological polar surface area (TPSA) is 134 Å². The minimum atomic E-state index is -1.07. The second-order valence-electron chi connectivity index (χ2n) is 8.58. The second-order valence-corrected chi connectivity index (χ2v) is 9.75. The van der Waals surface area contributed by atoms with Crippen LogP contribution in [0.15, 0.2) is 66.9 Å². The summed E-state index contributed by atoms with van der Waals surface area (Å²) in [4.78, 5) is 21.8. The molecule has 2 aromatic carbocycles. The molecule has 11 nitrogen and oxygen atoms in total. The van der Waals surface area contributed by atoms with Crippen LogP contribution in [0.25, 0.3) is 16.1 Å². The lowest BCUT2D eigenvalue weighted by Crippen LogP contribution is -2.55. The zero-order chi connectivity index (χ0) is 26.9. The molecule has 0 radical (unpaired) electrons. The molecule has 0 spiro atoms. The summed E-state index contributed by atoms with van der Waals surface area (Å²) in [5.74, 6) is -1.90. The van der Waals surface area contributed by atoms with Gasteiger partial charge in [0, 0.05) is 27.3 Å². The number of hydrogen-bond donors (Lipinski definition) is 4. The van der Waals surface area contributed by atoms with Gasteiger partial charge in [-0.3, -0.25) is 4.79 Å². The quantitative estimate of drug-likeness (QED) is 0.228. The number of hydrogen-bond acceptors (Lipinski definition) is 9. The summed E-state index contributed by atoms with van der Waals surface area (Å²) in [5.41, 5.74) is 3.11. The van der Waals surface area contributed by atoms with E-state index in [-0.39, 0.29) is 6.54 Å². The highest BCUT2D eigenvalue weighted by molar-refractivity contribution is 7.15. The molecule has 3 aromatic heterocycles. The third kappa shape index (κ3) is 4.89. The van der Waals surface area contributed by atoms with Crippen LogP contribution >= 0.6 is 11.3 Å². The fourth-order valence-corrected chi connectivity index (χ4v) is 5.06. The number of nitrogens with zero attached hydrogens (tertiary/aromatic N) is 6. The molecular formula is C25H20F2N9O2S+. The number of carbonyl (C=O) groups excluding carboxylic acids is 1. The Hall–Kier alpha value is -4.82. The maximum absolute atomic E-state index is 13.5. The Kier molecular flexibility index (Phi) is 6.38. The third-order valence-electron chi connectivity index (χ3n) is 6.03. The van der Waals surface area contributed by atoms with Crippen LogP contribution in [-0.4, -0.2) is 36.4 Å². The Morgan fingerprint density at radius 2 is 2.00 bits per heavy atom. The van der Waals surface area contributed by atoms with E-state index >= 15 is 0 Å². The number of benzene rings is 2. The Bertz CT molecular complexity index is 1690. The number of carbonyl (C=O) groups is 1. The molecule has 0 bridgehead atoms. The number of thiophene rings is 1. The number of nitrogens with one attached hydrogen (secondary N) is 3. The van der Waals surface area contributed by atoms with E-state index in [2.05, 4.69) is 36.6 Å². The molecule has 0 fully saturated rings. The molecule has 1 amide bonds. The summed E-state index contributed by atoms with van der Waals surface area (Å²) >= 11 is 1.57. The number of aromatic nitrogens is 6. The van der Waals surface area contributed by atoms with Crippen molar-refractivity contribution in [1.82, 2.24) is 30.7 Å². The van der Waals surface area contributed by atoms with Gasteiger partial charge < -0.3 is 21.1 Å². The molecule has 196 valence electrons. The first kappa shape index (κ1) is 24.5. The molecule has 14 heteroatoms. The first-order valence-electron chi connectivity index (χ1n) is 11.8. The number of fused-ring (bicyclic) bond motifs is 3. The van der Waals surface area contributed by atoms with Crippen LogP contribution in [-0.2, 0) is 13.1 Å². The lowest BCUT2D eigenvalue weighted by atomic mass is 10.1. The van der Waals surface area contributed by atoms with Gasteiger partial charge in [0.15, 0.2) is 11.6 Å². The van der Waals surface area contributed by atoms with Gasteiger partial charge in [-0.05, 0) is 64.5 Å². The molecule has 6 rings (SSSR count). The van der Waals surface area contributed by atoms with Crippen LogP contribution in [0.1, 0.15) is 27.2 Å². The van der Waals surface area contributed by atoms with Crippen molar-refractivity contribution in [3.05, 3.63) is 94.5 Å². The van der Waals surface area contributed by atoms with Crippen LogP contribution in [0.5, 0.6) is 0 Å². The molecule has 0 saturated heterocycles. The summed E-state index contributed by atoms with van der Waals surface area (Å²) in [6, 6.07) is 16.5. The van der Waals surface area contributed by atoms with Crippen molar-refractivity contribution in [2.24, 2.45) is 0 Å². The van der Waals surface area contributed by atoms with Crippen LogP contribution in [0.4, 0.5) is 20.3 Å². The molecule has 1 unspecified atom stereocenters. The number of anilines is 2. The zero-order valence-corrected chi connectivity index (χ0v) is 20.9. The molecule has 5 aromatic rings. The highest BCUT2D eigenvalue weighted by atomic mass is 32.1. The molecule has 39 heavy (non-hydrogen) atoms. The molecular weight excluding hydrogens is 528 g/mol. The number of halogens is 2. The number of pyridine rings is 1. The predicted octanol–water partition coefficient (Wildman–Crippen LogP) is 2.77. The predicted molar refractivity (Wildman–Crippen MR) is 137 cm³/mol. The van der Waals surface area contributed by atoms with Gasteiger partial charge >= 0.3 is 0 Å². The summed E-state index contributed by atoms with van der Waals surface area (Å²) in [7, 11) is 0. The Morgan fingerprint density at radius 1 is 1.10 bits per heavy atom. The van der Waals surface area contributed by atoms with E-state index in [9.17, 15) is 18.7 Å². The van der Waals surface area contributed by atoms with E-state index in [1.165, 1.54) is 15.7 Å². The first-order valence-corrected chi connectivity index (χ1v) is 12.6. The minimum absolute atomic E-state index is 0.0402. The summed E-state index contributed by atoms with van der Waals surface area (Å²) in [6.45, 7) is 0.468. The third-order valence-corrected chi connectivity index (χ3v) is 7.17. The fraction of sp³-hybridized carbons (Fsp3) is 0.120. The fourth-order valence-electron chi connectivity index (χ4n) is 4.11. The number of amides is 1. The van der Waals surface area contributed by atoms with E-state index in [1.807, 2.05) is 30.3 Å². The standard InChI is InChI=1S/C25H19F2N9O2S/c26-18-6-3-14(10-19(18)27)12-30-24(37)17-2-1-9-28-23(17)29-13-16-5-8-22(39-16)15-4-7-20-21(11-15)35-33-32-34-36(35)25(38)31-20/h1-11,25,38H,12-13H2,(H2-,28,29,30,31,33,34,37)/p+1. The lowest BCUT2D eigenvalue weighted by molar-refractivity contribution is -0.868. The number of aliphatic hydroxyl groups is 1. The van der Waals surface area contributed by atoms with Crippen molar-refractivity contribution < 1.29 is 23.5 Å². The molecule has 4 heterocycles. The normalized spacial score (nSPS) is 13.8. The van der Waals surface area contributed by atoms with Crippen LogP contribution in [0.3, 0.4) is 0 Å². The summed E-state index contributed by atoms with van der Waals surface area (Å²) in [6.07, 6.45) is 0.514. The van der Waals surface area contributed by atoms with Crippen LogP contribution in [0, 0.1) is 11.6 Å². The average Bonchev–Trinajstić information content (AvgIpc) is 3.63. The van der Waals surface area contributed by atoms with Crippen molar-refractivity contribution >= 4 is 28.7 Å². The van der Waals surface area contributed by atoms with Gasteiger partial charge in [-0.25, -0.2) is 13.8 Å². The van der Waals surface area contributed by atoms with E-state index in [0.717, 1.165) is 27.5 Å². The van der Waals surface area contributed by atoms with E-state index < -0.39 is 23.9 Å².